The molecule has 0 saturated heterocycles. The molecule has 0 radical (unpaired) electrons. The average molecular weight is 690 g/mol. The minimum Gasteiger partial charge on any atom is -0.347 e. The summed E-state index contributed by atoms with van der Waals surface area (Å²) in [4.78, 5) is 20.7. The van der Waals surface area contributed by atoms with Crippen molar-refractivity contribution in [3.05, 3.63) is 167 Å². The lowest BCUT2D eigenvalue weighted by atomic mass is 9.82. The summed E-state index contributed by atoms with van der Waals surface area (Å²) in [6.07, 6.45) is 16.5. The summed E-state index contributed by atoms with van der Waals surface area (Å²) < 4.78 is 0. The van der Waals surface area contributed by atoms with Crippen LogP contribution in [0.2, 0.25) is 0 Å². The molecule has 0 amide bonds. The van der Waals surface area contributed by atoms with Gasteiger partial charge in [0.1, 0.15) is 0 Å². The number of aromatic amines is 1. The first-order chi connectivity index (χ1) is 25.1. The monoisotopic (exact) mass is 689 g/mol. The number of nitrogens with zero attached hydrogens (tertiary/aromatic N) is 5. The van der Waals surface area contributed by atoms with Gasteiger partial charge >= 0.3 is 0 Å². The van der Waals surface area contributed by atoms with E-state index in [4.69, 9.17) is 4.99 Å². The number of pyridine rings is 2. The Bertz CT molecular complexity index is 1910. The maximum Gasteiger partial charge on any atom is 0.193 e. The average Bonchev–Trinajstić information content (AvgIpc) is 3.47. The summed E-state index contributed by atoms with van der Waals surface area (Å²) in [5.41, 5.74) is 13.8. The first kappa shape index (κ1) is 35.3. The van der Waals surface area contributed by atoms with Gasteiger partial charge in [-0.2, -0.15) is 0 Å². The van der Waals surface area contributed by atoms with Crippen LogP contribution in [-0.2, 0) is 23.9 Å². The van der Waals surface area contributed by atoms with E-state index in [0.29, 0.717) is 6.54 Å². The van der Waals surface area contributed by atoms with Crippen LogP contribution in [0.25, 0.3) is 0 Å². The highest BCUT2D eigenvalue weighted by atomic mass is 15.2. The fourth-order valence-corrected chi connectivity index (χ4v) is 8.41. The predicted octanol–water partition coefficient (Wildman–Crippen LogP) is 9.00. The van der Waals surface area contributed by atoms with Crippen molar-refractivity contribution < 1.29 is 4.98 Å². The molecule has 0 spiro atoms. The lowest BCUT2D eigenvalue weighted by molar-refractivity contribution is -0.393. The SMILES string of the molecule is CN1C(=CC=C2CCC/C(=C\C=C3/N(C)c4ccccc4C3(C)C)C2=NCCN(Cc2ccccn2)Cc2cccc[nH+]2)C(C)(C)c2ccccc21. The molecule has 2 aromatic heterocycles. The van der Waals surface area contributed by atoms with Crippen molar-refractivity contribution in [1.82, 2.24) is 9.88 Å². The van der Waals surface area contributed by atoms with Gasteiger partial charge in [0.2, 0.25) is 0 Å². The molecule has 1 N–H and O–H groups in total. The second kappa shape index (κ2) is 14.9. The fraction of sp³-hybridized carbons (Fsp3) is 0.326. The molecule has 6 heteroatoms. The van der Waals surface area contributed by atoms with Crippen molar-refractivity contribution in [3.63, 3.8) is 0 Å². The van der Waals surface area contributed by atoms with Crippen molar-refractivity contribution >= 4 is 17.1 Å². The van der Waals surface area contributed by atoms with Crippen molar-refractivity contribution in [2.75, 3.05) is 37.0 Å². The number of hydrogen-bond acceptors (Lipinski definition) is 5. The lowest BCUT2D eigenvalue weighted by Crippen LogP contribution is -2.29. The Hall–Kier alpha value is -5.07. The molecule has 1 aliphatic carbocycles. The molecule has 0 unspecified atom stereocenters. The highest BCUT2D eigenvalue weighted by Crippen LogP contribution is 2.48. The van der Waals surface area contributed by atoms with E-state index < -0.39 is 0 Å². The van der Waals surface area contributed by atoms with Crippen LogP contribution < -0.4 is 14.8 Å². The number of likely N-dealkylation sites (N-methyl/N-ethyl adjacent to an activating group) is 2. The molecular weight excluding hydrogens is 637 g/mol. The molecule has 1 fully saturated rings. The molecule has 2 aromatic carbocycles. The number of benzene rings is 2. The summed E-state index contributed by atoms with van der Waals surface area (Å²) >= 11 is 0. The van der Waals surface area contributed by atoms with Gasteiger partial charge in [0, 0.05) is 79.1 Å². The fourth-order valence-electron chi connectivity index (χ4n) is 8.41. The van der Waals surface area contributed by atoms with E-state index in [-0.39, 0.29) is 10.8 Å². The van der Waals surface area contributed by atoms with Crippen LogP contribution in [0.5, 0.6) is 0 Å². The molecule has 4 aromatic rings. The van der Waals surface area contributed by atoms with Gasteiger partial charge in [-0.05, 0) is 78.0 Å². The molecule has 266 valence electrons. The highest BCUT2D eigenvalue weighted by molar-refractivity contribution is 6.13. The van der Waals surface area contributed by atoms with Crippen LogP contribution in [0, 0.1) is 0 Å². The summed E-state index contributed by atoms with van der Waals surface area (Å²) in [5.74, 6) is 0. The summed E-state index contributed by atoms with van der Waals surface area (Å²) in [7, 11) is 4.40. The number of aliphatic imine (C=N–C) groups is 1. The van der Waals surface area contributed by atoms with Gasteiger partial charge in [-0.1, -0.05) is 88.4 Å². The molecule has 4 heterocycles. The lowest BCUT2D eigenvalue weighted by Gasteiger charge is -2.26. The zero-order valence-corrected chi connectivity index (χ0v) is 31.7. The topological polar surface area (TPSA) is 49.1 Å². The maximum absolute atomic E-state index is 5.47. The molecule has 6 nitrogen and oxygen atoms in total. The minimum absolute atomic E-state index is 0.0778. The Balaban J connectivity index is 1.23. The molecule has 1 saturated carbocycles. The van der Waals surface area contributed by atoms with Gasteiger partial charge in [-0.15, -0.1) is 0 Å². The van der Waals surface area contributed by atoms with E-state index in [1.54, 1.807) is 0 Å². The van der Waals surface area contributed by atoms with Crippen LogP contribution in [0.3, 0.4) is 0 Å². The minimum atomic E-state index is -0.0778. The number of nitrogens with one attached hydrogen (secondary N) is 1. The van der Waals surface area contributed by atoms with Crippen molar-refractivity contribution in [2.45, 2.75) is 70.9 Å². The van der Waals surface area contributed by atoms with E-state index in [2.05, 4.69) is 164 Å². The number of fused-ring (bicyclic) bond motifs is 2. The molecule has 0 atom stereocenters. The van der Waals surface area contributed by atoms with Gasteiger partial charge in [0.25, 0.3) is 0 Å². The Morgan fingerprint density at radius 3 is 1.83 bits per heavy atom. The third kappa shape index (κ3) is 7.05. The highest BCUT2D eigenvalue weighted by Gasteiger charge is 2.39. The number of para-hydroxylation sites is 2. The number of rotatable bonds is 9. The maximum atomic E-state index is 5.47. The van der Waals surface area contributed by atoms with Gasteiger partial charge in [-0.3, -0.25) is 14.9 Å². The molecule has 7 rings (SSSR count). The number of aromatic nitrogens is 2. The van der Waals surface area contributed by atoms with Gasteiger partial charge in [0.15, 0.2) is 11.9 Å². The molecular formula is C46H53N6+. The molecule has 2 aliphatic heterocycles. The summed E-state index contributed by atoms with van der Waals surface area (Å²) in [6, 6.07) is 30.0. The molecule has 52 heavy (non-hydrogen) atoms. The van der Waals surface area contributed by atoms with Gasteiger partial charge < -0.3 is 9.80 Å². The zero-order valence-electron chi connectivity index (χ0n) is 31.7. The van der Waals surface area contributed by atoms with E-state index in [0.717, 1.165) is 50.3 Å². The number of H-pyrrole nitrogens is 1. The van der Waals surface area contributed by atoms with Crippen LogP contribution in [0.15, 0.2) is 149 Å². The predicted molar refractivity (Wildman–Crippen MR) is 216 cm³/mol. The van der Waals surface area contributed by atoms with Crippen molar-refractivity contribution in [1.29, 1.82) is 0 Å². The van der Waals surface area contributed by atoms with Crippen molar-refractivity contribution in [3.8, 4) is 0 Å². The Kier molecular flexibility index (Phi) is 10.1. The first-order valence-electron chi connectivity index (χ1n) is 18.8. The summed E-state index contributed by atoms with van der Waals surface area (Å²) in [5, 5.41) is 0. The van der Waals surface area contributed by atoms with Gasteiger partial charge in [-0.25, -0.2) is 4.98 Å². The van der Waals surface area contributed by atoms with E-state index >= 15 is 0 Å². The quantitative estimate of drug-likeness (QED) is 0.176. The molecule has 3 aliphatic rings. The third-order valence-electron chi connectivity index (χ3n) is 11.2. The first-order valence-corrected chi connectivity index (χ1v) is 18.8. The number of hydrogen-bond donors (Lipinski definition) is 0. The van der Waals surface area contributed by atoms with Crippen LogP contribution in [0.4, 0.5) is 11.4 Å². The van der Waals surface area contributed by atoms with E-state index in [1.165, 1.54) is 50.7 Å². The summed E-state index contributed by atoms with van der Waals surface area (Å²) in [6.45, 7) is 12.4. The Morgan fingerprint density at radius 2 is 1.29 bits per heavy atom. The standard InChI is InChI=1S/C46H52N6/c1-45(2)38-20-7-9-22-40(38)50(5)42(45)26-24-34-16-15-17-35(25-27-43-46(3,4)39-21-8-10-23-41(39)51(43)6)44(34)49-30-31-52(32-36-18-11-13-28-47-36)33-37-19-12-14-29-48-37/h7-14,18-29H,15-17,30-33H2,1-6H3/p+1/b34-24+,35-25?,42-26-,43-27?,49-44?. The third-order valence-corrected chi connectivity index (χ3v) is 11.2. The second-order valence-corrected chi connectivity index (χ2v) is 15.4. The van der Waals surface area contributed by atoms with Gasteiger partial charge in [0.05, 0.1) is 24.5 Å². The van der Waals surface area contributed by atoms with Crippen LogP contribution >= 0.6 is 0 Å². The smallest absolute Gasteiger partial charge is 0.193 e. The number of allylic oxidation sites excluding steroid dienone is 8. The van der Waals surface area contributed by atoms with Crippen LogP contribution in [0.1, 0.15) is 69.5 Å². The van der Waals surface area contributed by atoms with E-state index in [9.17, 15) is 0 Å². The van der Waals surface area contributed by atoms with Crippen molar-refractivity contribution in [2.24, 2.45) is 4.99 Å². The normalized spacial score (nSPS) is 21.6. The zero-order chi connectivity index (χ0) is 36.3. The van der Waals surface area contributed by atoms with Crippen LogP contribution in [-0.4, -0.2) is 42.8 Å². The Morgan fingerprint density at radius 1 is 0.712 bits per heavy atom. The molecule has 0 bridgehead atoms. The largest absolute Gasteiger partial charge is 0.347 e. The number of anilines is 2. The van der Waals surface area contributed by atoms with E-state index in [1.807, 2.05) is 24.5 Å². The Labute approximate surface area is 310 Å². The second-order valence-electron chi connectivity index (χ2n) is 15.4.